The highest BCUT2D eigenvalue weighted by Crippen LogP contribution is 2.40. The Bertz CT molecular complexity index is 1230. The Kier molecular flexibility index (Phi) is 9.23. The van der Waals surface area contributed by atoms with E-state index in [2.05, 4.69) is 5.32 Å². The second-order valence-electron chi connectivity index (χ2n) is 7.26. The van der Waals surface area contributed by atoms with Gasteiger partial charge in [-0.15, -0.1) is 0 Å². The van der Waals surface area contributed by atoms with Crippen molar-refractivity contribution in [2.75, 3.05) is 12.4 Å². The molecular formula is C23H22N2O12. The molecule has 2 rings (SSSR count). The van der Waals surface area contributed by atoms with E-state index in [1.807, 2.05) is 0 Å². The molecule has 0 aliphatic heterocycles. The van der Waals surface area contributed by atoms with Gasteiger partial charge >= 0.3 is 23.9 Å². The van der Waals surface area contributed by atoms with E-state index in [-0.39, 0.29) is 22.7 Å². The Balaban J connectivity index is 2.34. The predicted octanol–water partition coefficient (Wildman–Crippen LogP) is 2.56. The van der Waals surface area contributed by atoms with Crippen molar-refractivity contribution < 1.29 is 52.6 Å². The van der Waals surface area contributed by atoms with Crippen LogP contribution in [-0.4, -0.2) is 47.9 Å². The predicted molar refractivity (Wildman–Crippen MR) is 124 cm³/mol. The summed E-state index contributed by atoms with van der Waals surface area (Å²) in [5, 5.41) is 13.4. The zero-order valence-electron chi connectivity index (χ0n) is 20.3. The monoisotopic (exact) mass is 518 g/mol. The number of nitro groups is 1. The molecular weight excluding hydrogens is 496 g/mol. The van der Waals surface area contributed by atoms with E-state index in [4.69, 9.17) is 23.7 Å². The fourth-order valence-corrected chi connectivity index (χ4v) is 2.82. The molecule has 14 nitrogen and oxygen atoms in total. The molecule has 2 aromatic rings. The van der Waals surface area contributed by atoms with Crippen molar-refractivity contribution in [2.45, 2.75) is 33.8 Å². The van der Waals surface area contributed by atoms with Crippen molar-refractivity contribution in [1.29, 1.82) is 0 Å². The number of methoxy groups -OCH3 is 1. The first-order chi connectivity index (χ1) is 17.3. The lowest BCUT2D eigenvalue weighted by atomic mass is 10.1. The summed E-state index contributed by atoms with van der Waals surface area (Å²) in [5.41, 5.74) is -0.676. The number of nitrogens with zero attached hydrogens (tertiary/aromatic N) is 1. The van der Waals surface area contributed by atoms with Gasteiger partial charge in [-0.1, -0.05) is 0 Å². The third-order valence-corrected chi connectivity index (χ3v) is 4.31. The zero-order chi connectivity index (χ0) is 27.9. The molecule has 1 amide bonds. The maximum absolute atomic E-state index is 12.8. The van der Waals surface area contributed by atoms with Crippen molar-refractivity contribution >= 4 is 41.2 Å². The first-order valence-corrected chi connectivity index (χ1v) is 10.4. The van der Waals surface area contributed by atoms with Crippen LogP contribution in [-0.2, 0) is 23.9 Å². The minimum Gasteiger partial charge on any atom is -0.495 e. The number of non-ortho nitro benzene ring substituents is 1. The molecule has 0 heterocycles. The van der Waals surface area contributed by atoms with Gasteiger partial charge in [-0.2, -0.15) is 0 Å². The highest BCUT2D eigenvalue weighted by molar-refractivity contribution is 5.99. The number of nitrogens with one attached hydrogen (secondary N) is 1. The number of hydrogen-bond acceptors (Lipinski definition) is 12. The molecule has 1 atom stereocenters. The fraction of sp³-hybridized carbons (Fsp3) is 0.261. The van der Waals surface area contributed by atoms with Gasteiger partial charge in [-0.25, -0.2) is 4.79 Å². The van der Waals surface area contributed by atoms with Gasteiger partial charge in [0.1, 0.15) is 5.75 Å². The maximum Gasteiger partial charge on any atom is 0.339 e. The van der Waals surface area contributed by atoms with E-state index in [1.165, 1.54) is 26.2 Å². The van der Waals surface area contributed by atoms with Gasteiger partial charge in [-0.05, 0) is 25.1 Å². The molecule has 0 saturated heterocycles. The number of nitro benzene ring substituents is 1. The number of esters is 4. The van der Waals surface area contributed by atoms with Crippen molar-refractivity contribution in [2.24, 2.45) is 0 Å². The average molecular weight is 518 g/mol. The summed E-state index contributed by atoms with van der Waals surface area (Å²) in [6, 6.07) is 5.50. The summed E-state index contributed by atoms with van der Waals surface area (Å²) in [5.74, 6) is -5.64. The molecule has 2 aromatic carbocycles. The Morgan fingerprint density at radius 2 is 1.41 bits per heavy atom. The lowest BCUT2D eigenvalue weighted by molar-refractivity contribution is -0.384. The molecule has 0 aliphatic carbocycles. The number of rotatable bonds is 9. The van der Waals surface area contributed by atoms with Crippen LogP contribution in [0.5, 0.6) is 23.0 Å². The van der Waals surface area contributed by atoms with E-state index >= 15 is 0 Å². The van der Waals surface area contributed by atoms with Crippen LogP contribution in [0.3, 0.4) is 0 Å². The van der Waals surface area contributed by atoms with Crippen molar-refractivity contribution in [3.63, 3.8) is 0 Å². The number of ether oxygens (including phenoxy) is 5. The lowest BCUT2D eigenvalue weighted by Crippen LogP contribution is -2.30. The summed E-state index contributed by atoms with van der Waals surface area (Å²) in [4.78, 5) is 70.3. The zero-order valence-corrected chi connectivity index (χ0v) is 20.3. The van der Waals surface area contributed by atoms with E-state index in [0.29, 0.717) is 0 Å². The van der Waals surface area contributed by atoms with Crippen molar-refractivity contribution in [3.05, 3.63) is 46.0 Å². The Morgan fingerprint density at radius 1 is 0.865 bits per heavy atom. The van der Waals surface area contributed by atoms with Crippen molar-refractivity contribution in [3.8, 4) is 23.0 Å². The van der Waals surface area contributed by atoms with E-state index < -0.39 is 58.1 Å². The normalized spacial score (nSPS) is 10.9. The summed E-state index contributed by atoms with van der Waals surface area (Å²) in [6.45, 7) is 4.36. The molecule has 0 saturated carbocycles. The Morgan fingerprint density at radius 3 is 1.86 bits per heavy atom. The molecule has 0 aliphatic rings. The summed E-state index contributed by atoms with van der Waals surface area (Å²) >= 11 is 0. The van der Waals surface area contributed by atoms with Gasteiger partial charge in [0.2, 0.25) is 5.75 Å². The molecule has 0 bridgehead atoms. The molecule has 1 N–H and O–H groups in total. The third kappa shape index (κ3) is 7.74. The minimum atomic E-state index is -1.43. The molecule has 37 heavy (non-hydrogen) atoms. The quantitative estimate of drug-likeness (QED) is 0.221. The van der Waals surface area contributed by atoms with Gasteiger partial charge < -0.3 is 29.0 Å². The number of carbonyl (C=O) groups excluding carboxylic acids is 5. The fourth-order valence-electron chi connectivity index (χ4n) is 2.82. The topological polar surface area (TPSA) is 187 Å². The van der Waals surface area contributed by atoms with Crippen LogP contribution < -0.4 is 24.3 Å². The summed E-state index contributed by atoms with van der Waals surface area (Å²) < 4.78 is 25.2. The molecule has 0 fully saturated rings. The molecule has 0 spiro atoms. The second-order valence-corrected chi connectivity index (χ2v) is 7.26. The summed E-state index contributed by atoms with van der Waals surface area (Å²) in [7, 11) is 1.29. The van der Waals surface area contributed by atoms with Gasteiger partial charge in [0.25, 0.3) is 11.6 Å². The summed E-state index contributed by atoms with van der Waals surface area (Å²) in [6.07, 6.45) is -1.43. The van der Waals surface area contributed by atoms with Crippen LogP contribution in [0.2, 0.25) is 0 Å². The maximum atomic E-state index is 12.8. The number of anilines is 1. The second kappa shape index (κ2) is 12.1. The highest BCUT2D eigenvalue weighted by atomic mass is 16.6. The Labute approximate surface area is 209 Å². The molecule has 0 aromatic heterocycles. The van der Waals surface area contributed by atoms with Crippen LogP contribution in [0.4, 0.5) is 11.4 Å². The van der Waals surface area contributed by atoms with Gasteiger partial charge in [-0.3, -0.25) is 29.3 Å². The standard InChI is InChI=1S/C23H22N2O12/c1-11(22(29)24-17-10-16(25(31)32)6-7-18(17)33-5)34-23(30)15-8-19(35-12(2)26)21(37-14(4)28)20(9-15)36-13(3)27/h6-11H,1-5H3,(H,24,29). The van der Waals surface area contributed by atoms with E-state index in [1.54, 1.807) is 0 Å². The number of carbonyl (C=O) groups is 5. The number of amides is 1. The first-order valence-electron chi connectivity index (χ1n) is 10.4. The first kappa shape index (κ1) is 28.2. The molecule has 196 valence electrons. The van der Waals surface area contributed by atoms with Crippen LogP contribution in [0, 0.1) is 10.1 Å². The lowest BCUT2D eigenvalue weighted by Gasteiger charge is -2.17. The average Bonchev–Trinajstić information content (AvgIpc) is 2.79. The van der Waals surface area contributed by atoms with E-state index in [9.17, 15) is 34.1 Å². The molecule has 0 radical (unpaired) electrons. The van der Waals surface area contributed by atoms with Crippen LogP contribution in [0.15, 0.2) is 30.3 Å². The molecule has 14 heteroatoms. The van der Waals surface area contributed by atoms with Crippen LogP contribution in [0.1, 0.15) is 38.1 Å². The Hall–Kier alpha value is -5.01. The third-order valence-electron chi connectivity index (χ3n) is 4.31. The minimum absolute atomic E-state index is 0.0374. The van der Waals surface area contributed by atoms with E-state index in [0.717, 1.165) is 39.0 Å². The highest BCUT2D eigenvalue weighted by Gasteiger charge is 2.26. The SMILES string of the molecule is COc1ccc([N+](=O)[O-])cc1NC(=O)C(C)OC(=O)c1cc(OC(C)=O)c(OC(C)=O)c(OC(C)=O)c1. The van der Waals surface area contributed by atoms with Crippen LogP contribution >= 0.6 is 0 Å². The van der Waals surface area contributed by atoms with Crippen molar-refractivity contribution in [1.82, 2.24) is 0 Å². The van der Waals surface area contributed by atoms with Gasteiger partial charge in [0.05, 0.1) is 23.3 Å². The largest absolute Gasteiger partial charge is 0.495 e. The van der Waals surface area contributed by atoms with Gasteiger partial charge in [0.15, 0.2) is 17.6 Å². The molecule has 1 unspecified atom stereocenters. The smallest absolute Gasteiger partial charge is 0.339 e. The number of benzene rings is 2. The number of hydrogen-bond donors (Lipinski definition) is 1. The van der Waals surface area contributed by atoms with Gasteiger partial charge in [0, 0.05) is 32.9 Å². The van der Waals surface area contributed by atoms with Crippen LogP contribution in [0.25, 0.3) is 0 Å².